The monoisotopic (exact) mass is 297 g/mol. The highest BCUT2D eigenvalue weighted by Gasteiger charge is 2.35. The standard InChI is InChI=1S/C14H16ClNO2S/c15-13-3-5-14(6-4-13)19(17,18)16-9-12-8-10-1-2-11(12)7-10/h1-6,10-12,16H,7-9H2. The number of halogens is 1. The zero-order valence-corrected chi connectivity index (χ0v) is 12.0. The molecular weight excluding hydrogens is 282 g/mol. The van der Waals surface area contributed by atoms with Crippen LogP contribution < -0.4 is 4.72 Å². The summed E-state index contributed by atoms with van der Waals surface area (Å²) in [4.78, 5) is 0.274. The van der Waals surface area contributed by atoms with Crippen LogP contribution in [0.2, 0.25) is 5.02 Å². The minimum Gasteiger partial charge on any atom is -0.211 e. The summed E-state index contributed by atoms with van der Waals surface area (Å²) in [7, 11) is -3.41. The summed E-state index contributed by atoms with van der Waals surface area (Å²) in [6.45, 7) is 0.524. The summed E-state index contributed by atoms with van der Waals surface area (Å²) in [6, 6.07) is 6.25. The van der Waals surface area contributed by atoms with Gasteiger partial charge in [-0.15, -0.1) is 0 Å². The van der Waals surface area contributed by atoms with Gasteiger partial charge in [-0.1, -0.05) is 23.8 Å². The van der Waals surface area contributed by atoms with Crippen molar-refractivity contribution in [1.29, 1.82) is 0 Å². The smallest absolute Gasteiger partial charge is 0.211 e. The molecule has 0 aromatic heterocycles. The molecule has 2 bridgehead atoms. The Morgan fingerprint density at radius 1 is 1.16 bits per heavy atom. The second-order valence-electron chi connectivity index (χ2n) is 5.35. The van der Waals surface area contributed by atoms with Gasteiger partial charge in [0, 0.05) is 11.6 Å². The highest BCUT2D eigenvalue weighted by Crippen LogP contribution is 2.43. The van der Waals surface area contributed by atoms with Gasteiger partial charge >= 0.3 is 0 Å². The number of allylic oxidation sites excluding steroid dienone is 2. The number of hydrogen-bond acceptors (Lipinski definition) is 2. The molecule has 3 unspecified atom stereocenters. The third-order valence-corrected chi connectivity index (χ3v) is 5.77. The van der Waals surface area contributed by atoms with Crippen LogP contribution in [0.5, 0.6) is 0 Å². The second kappa shape index (κ2) is 4.93. The van der Waals surface area contributed by atoms with E-state index in [1.807, 2.05) is 0 Å². The Hall–Kier alpha value is -0.840. The van der Waals surface area contributed by atoms with E-state index in [0.717, 1.165) is 6.42 Å². The Bertz CT molecular complexity index is 594. The summed E-state index contributed by atoms with van der Waals surface area (Å²) >= 11 is 5.76. The van der Waals surface area contributed by atoms with Crippen molar-refractivity contribution in [3.8, 4) is 0 Å². The van der Waals surface area contributed by atoms with Crippen LogP contribution in [-0.4, -0.2) is 15.0 Å². The zero-order valence-electron chi connectivity index (χ0n) is 10.4. The SMILES string of the molecule is O=S(=O)(NCC1CC2C=CC1C2)c1ccc(Cl)cc1. The minimum atomic E-state index is -3.41. The van der Waals surface area contributed by atoms with Crippen LogP contribution in [0.3, 0.4) is 0 Å². The Kier molecular flexibility index (Phi) is 3.41. The van der Waals surface area contributed by atoms with Gasteiger partial charge in [0.2, 0.25) is 10.0 Å². The number of rotatable bonds is 4. The van der Waals surface area contributed by atoms with Crippen molar-refractivity contribution in [2.45, 2.75) is 17.7 Å². The van der Waals surface area contributed by atoms with Gasteiger partial charge in [-0.25, -0.2) is 13.1 Å². The fraction of sp³-hybridized carbons (Fsp3) is 0.429. The maximum absolute atomic E-state index is 12.1. The van der Waals surface area contributed by atoms with Crippen LogP contribution in [0.4, 0.5) is 0 Å². The molecule has 3 nitrogen and oxygen atoms in total. The first-order valence-electron chi connectivity index (χ1n) is 6.48. The average Bonchev–Trinajstić information content (AvgIpc) is 2.99. The van der Waals surface area contributed by atoms with Crippen LogP contribution in [0.15, 0.2) is 41.3 Å². The molecular formula is C14H16ClNO2S. The van der Waals surface area contributed by atoms with Gasteiger partial charge in [-0.2, -0.15) is 0 Å². The van der Waals surface area contributed by atoms with E-state index in [1.165, 1.54) is 18.6 Å². The maximum Gasteiger partial charge on any atom is 0.240 e. The molecule has 0 radical (unpaired) electrons. The predicted octanol–water partition coefficient (Wildman–Crippen LogP) is 2.83. The normalized spacial score (nSPS) is 29.0. The van der Waals surface area contributed by atoms with Crippen molar-refractivity contribution in [3.63, 3.8) is 0 Å². The highest BCUT2D eigenvalue weighted by atomic mass is 35.5. The van der Waals surface area contributed by atoms with E-state index >= 15 is 0 Å². The lowest BCUT2D eigenvalue weighted by molar-refractivity contribution is 0.440. The molecule has 0 saturated heterocycles. The second-order valence-corrected chi connectivity index (χ2v) is 7.55. The molecule has 1 N–H and O–H groups in total. The van der Waals surface area contributed by atoms with Gasteiger partial charge in [0.1, 0.15) is 0 Å². The number of sulfonamides is 1. The molecule has 0 heterocycles. The molecule has 1 aromatic rings. The zero-order chi connectivity index (χ0) is 13.5. The fourth-order valence-corrected chi connectivity index (χ4v) is 4.26. The van der Waals surface area contributed by atoms with Gasteiger partial charge in [-0.3, -0.25) is 0 Å². The van der Waals surface area contributed by atoms with E-state index in [9.17, 15) is 8.42 Å². The third kappa shape index (κ3) is 2.71. The highest BCUT2D eigenvalue weighted by molar-refractivity contribution is 7.89. The minimum absolute atomic E-state index is 0.274. The summed E-state index contributed by atoms with van der Waals surface area (Å²) in [5.74, 6) is 1.66. The molecule has 5 heteroatoms. The molecule has 0 aliphatic heterocycles. The topological polar surface area (TPSA) is 46.2 Å². The summed E-state index contributed by atoms with van der Waals surface area (Å²) in [6.07, 6.45) is 6.78. The average molecular weight is 298 g/mol. The molecule has 1 fully saturated rings. The summed E-state index contributed by atoms with van der Waals surface area (Å²) in [5.41, 5.74) is 0. The van der Waals surface area contributed by atoms with Crippen molar-refractivity contribution in [2.75, 3.05) is 6.54 Å². The molecule has 0 spiro atoms. The van der Waals surface area contributed by atoms with E-state index < -0.39 is 10.0 Å². The van der Waals surface area contributed by atoms with Crippen molar-refractivity contribution in [2.24, 2.45) is 17.8 Å². The van der Waals surface area contributed by atoms with Gasteiger partial charge in [0.25, 0.3) is 0 Å². The van der Waals surface area contributed by atoms with Gasteiger partial charge < -0.3 is 0 Å². The quantitative estimate of drug-likeness (QED) is 0.869. The number of benzene rings is 1. The van der Waals surface area contributed by atoms with Crippen LogP contribution in [-0.2, 0) is 10.0 Å². The van der Waals surface area contributed by atoms with E-state index in [1.54, 1.807) is 12.1 Å². The molecule has 1 saturated carbocycles. The number of nitrogens with one attached hydrogen (secondary N) is 1. The summed E-state index contributed by atoms with van der Waals surface area (Å²) in [5, 5.41) is 0.539. The van der Waals surface area contributed by atoms with Crippen LogP contribution >= 0.6 is 11.6 Å². The maximum atomic E-state index is 12.1. The first-order chi connectivity index (χ1) is 9.04. The molecule has 19 heavy (non-hydrogen) atoms. The lowest BCUT2D eigenvalue weighted by Crippen LogP contribution is -2.31. The summed E-state index contributed by atoms with van der Waals surface area (Å²) < 4.78 is 27.0. The van der Waals surface area contributed by atoms with Crippen molar-refractivity contribution < 1.29 is 8.42 Å². The Balaban J connectivity index is 1.66. The number of fused-ring (bicyclic) bond motifs is 2. The largest absolute Gasteiger partial charge is 0.240 e. The first-order valence-corrected chi connectivity index (χ1v) is 8.34. The lowest BCUT2D eigenvalue weighted by Gasteiger charge is -2.18. The van der Waals surface area contributed by atoms with E-state index in [2.05, 4.69) is 16.9 Å². The molecule has 3 atom stereocenters. The third-order valence-electron chi connectivity index (χ3n) is 4.08. The predicted molar refractivity (Wildman–Crippen MR) is 75.5 cm³/mol. The van der Waals surface area contributed by atoms with E-state index in [4.69, 9.17) is 11.6 Å². The van der Waals surface area contributed by atoms with Gasteiger partial charge in [0.05, 0.1) is 4.90 Å². The van der Waals surface area contributed by atoms with E-state index in [0.29, 0.717) is 29.3 Å². The Morgan fingerprint density at radius 3 is 2.47 bits per heavy atom. The van der Waals surface area contributed by atoms with Crippen LogP contribution in [0.1, 0.15) is 12.8 Å². The van der Waals surface area contributed by atoms with E-state index in [-0.39, 0.29) is 4.90 Å². The first kappa shape index (κ1) is 13.2. The van der Waals surface area contributed by atoms with Gasteiger partial charge in [-0.05, 0) is 54.9 Å². The molecule has 102 valence electrons. The van der Waals surface area contributed by atoms with Crippen LogP contribution in [0, 0.1) is 17.8 Å². The Morgan fingerprint density at radius 2 is 1.89 bits per heavy atom. The molecule has 1 aromatic carbocycles. The number of hydrogen-bond donors (Lipinski definition) is 1. The van der Waals surface area contributed by atoms with Crippen molar-refractivity contribution in [1.82, 2.24) is 4.72 Å². The van der Waals surface area contributed by atoms with Crippen LogP contribution in [0.25, 0.3) is 0 Å². The Labute approximate surface area is 118 Å². The van der Waals surface area contributed by atoms with Crippen molar-refractivity contribution in [3.05, 3.63) is 41.4 Å². The molecule has 3 rings (SSSR count). The fourth-order valence-electron chi connectivity index (χ4n) is 3.04. The molecule has 0 amide bonds. The van der Waals surface area contributed by atoms with Gasteiger partial charge in [0.15, 0.2) is 0 Å². The van der Waals surface area contributed by atoms with Crippen molar-refractivity contribution >= 4 is 21.6 Å². The molecule has 2 aliphatic carbocycles. The lowest BCUT2D eigenvalue weighted by atomic mass is 9.94. The molecule has 2 aliphatic rings.